The number of nitrogens with zero attached hydrogens (tertiary/aromatic N) is 4. The van der Waals surface area contributed by atoms with Crippen LogP contribution in [0.3, 0.4) is 0 Å². The highest BCUT2D eigenvalue weighted by Crippen LogP contribution is 2.36. The Morgan fingerprint density at radius 1 is 1.12 bits per heavy atom. The molecule has 34 heavy (non-hydrogen) atoms. The van der Waals surface area contributed by atoms with E-state index in [4.69, 9.17) is 9.72 Å². The Labute approximate surface area is 204 Å². The number of Topliss-reactive ketones (excluding diaryl/α,β-unsaturated/α-hetero) is 1. The summed E-state index contributed by atoms with van der Waals surface area (Å²) < 4.78 is 6.96. The van der Waals surface area contributed by atoms with Crippen LogP contribution in [0.15, 0.2) is 18.5 Å². The van der Waals surface area contributed by atoms with Crippen molar-refractivity contribution in [2.75, 3.05) is 13.7 Å². The predicted molar refractivity (Wildman–Crippen MR) is 134 cm³/mol. The number of aryl methyl sites for hydroxylation is 1. The SMILES string of the molecule is COCC(=O)CCC1CCC(CCCC(C)c2nccc(-c3cnn(C)c3CC3CC3)n2)CC1. The fourth-order valence-electron chi connectivity index (χ4n) is 5.52. The lowest BCUT2D eigenvalue weighted by Gasteiger charge is -2.28. The quantitative estimate of drug-likeness (QED) is 0.367. The molecule has 0 spiro atoms. The zero-order valence-corrected chi connectivity index (χ0v) is 21.3. The minimum absolute atomic E-state index is 0.243. The van der Waals surface area contributed by atoms with Crippen molar-refractivity contribution >= 4 is 5.78 Å². The molecule has 0 aromatic carbocycles. The molecule has 186 valence electrons. The summed E-state index contributed by atoms with van der Waals surface area (Å²) in [4.78, 5) is 21.3. The Bertz CT molecular complexity index is 928. The summed E-state index contributed by atoms with van der Waals surface area (Å²) in [5, 5.41) is 4.52. The minimum atomic E-state index is 0.243. The molecular weight excluding hydrogens is 424 g/mol. The highest BCUT2D eigenvalue weighted by molar-refractivity contribution is 5.79. The Balaban J connectivity index is 1.22. The Hall–Kier alpha value is -2.08. The molecule has 6 nitrogen and oxygen atoms in total. The molecule has 0 amide bonds. The summed E-state index contributed by atoms with van der Waals surface area (Å²) in [6.07, 6.45) is 18.2. The lowest BCUT2D eigenvalue weighted by Crippen LogP contribution is -2.16. The molecule has 2 saturated carbocycles. The van der Waals surface area contributed by atoms with Gasteiger partial charge in [-0.15, -0.1) is 0 Å². The molecule has 1 atom stereocenters. The number of carbonyl (C=O) groups is 1. The normalized spacial score (nSPS) is 21.5. The van der Waals surface area contributed by atoms with Gasteiger partial charge < -0.3 is 4.74 Å². The van der Waals surface area contributed by atoms with Crippen LogP contribution in [0.4, 0.5) is 0 Å². The van der Waals surface area contributed by atoms with Crippen LogP contribution in [-0.4, -0.2) is 39.2 Å². The average Bonchev–Trinajstić information content (AvgIpc) is 3.60. The number of aromatic nitrogens is 4. The zero-order valence-electron chi connectivity index (χ0n) is 21.3. The third-order valence-corrected chi connectivity index (χ3v) is 7.98. The van der Waals surface area contributed by atoms with E-state index in [1.807, 2.05) is 30.2 Å². The fourth-order valence-corrected chi connectivity index (χ4v) is 5.52. The monoisotopic (exact) mass is 466 g/mol. The molecular formula is C28H42N4O2. The van der Waals surface area contributed by atoms with Gasteiger partial charge in [0.2, 0.25) is 0 Å². The highest BCUT2D eigenvalue weighted by atomic mass is 16.5. The van der Waals surface area contributed by atoms with E-state index in [-0.39, 0.29) is 12.4 Å². The lowest BCUT2D eigenvalue weighted by atomic mass is 9.77. The van der Waals surface area contributed by atoms with Crippen molar-refractivity contribution in [3.8, 4) is 11.3 Å². The Morgan fingerprint density at radius 2 is 1.82 bits per heavy atom. The van der Waals surface area contributed by atoms with Crippen LogP contribution < -0.4 is 0 Å². The van der Waals surface area contributed by atoms with Crippen LogP contribution in [0.1, 0.15) is 95.0 Å². The van der Waals surface area contributed by atoms with E-state index in [0.29, 0.717) is 12.3 Å². The van der Waals surface area contributed by atoms with Crippen LogP contribution in [0.5, 0.6) is 0 Å². The number of ketones is 1. The molecule has 0 radical (unpaired) electrons. The maximum absolute atomic E-state index is 11.7. The largest absolute Gasteiger partial charge is 0.377 e. The van der Waals surface area contributed by atoms with Gasteiger partial charge in [-0.05, 0) is 55.9 Å². The van der Waals surface area contributed by atoms with Gasteiger partial charge >= 0.3 is 0 Å². The number of carbonyl (C=O) groups excluding carboxylic acids is 1. The second-order valence-electron chi connectivity index (χ2n) is 10.8. The van der Waals surface area contributed by atoms with Gasteiger partial charge in [-0.1, -0.05) is 45.4 Å². The maximum atomic E-state index is 11.7. The second-order valence-corrected chi connectivity index (χ2v) is 10.8. The third kappa shape index (κ3) is 6.97. The molecule has 2 aliphatic rings. The fraction of sp³-hybridized carbons (Fsp3) is 0.714. The van der Waals surface area contributed by atoms with E-state index in [9.17, 15) is 4.79 Å². The molecule has 2 aromatic rings. The summed E-state index contributed by atoms with van der Waals surface area (Å²) in [5.74, 6) is 3.96. The van der Waals surface area contributed by atoms with E-state index in [1.165, 1.54) is 62.6 Å². The lowest BCUT2D eigenvalue weighted by molar-refractivity contribution is -0.123. The Kier molecular flexibility index (Phi) is 8.87. The first kappa shape index (κ1) is 25.0. The molecule has 0 aliphatic heterocycles. The standard InChI is InChI=1S/C28H42N4O2/c1-20(5-4-6-21-7-9-22(10-8-21)13-14-24(33)19-34-3)28-29-16-15-26(31-28)25-18-30-32(2)27(25)17-23-11-12-23/h15-16,18,20-23H,4-14,17,19H2,1-3H3. The van der Waals surface area contributed by atoms with Gasteiger partial charge in [-0.3, -0.25) is 9.48 Å². The molecule has 2 heterocycles. The number of hydrogen-bond acceptors (Lipinski definition) is 5. The topological polar surface area (TPSA) is 69.9 Å². The van der Waals surface area contributed by atoms with Crippen LogP contribution in [0, 0.1) is 17.8 Å². The van der Waals surface area contributed by atoms with Gasteiger partial charge in [-0.25, -0.2) is 9.97 Å². The van der Waals surface area contributed by atoms with Gasteiger partial charge in [0.15, 0.2) is 5.78 Å². The van der Waals surface area contributed by atoms with E-state index < -0.39 is 0 Å². The van der Waals surface area contributed by atoms with Gasteiger partial charge in [-0.2, -0.15) is 5.10 Å². The smallest absolute Gasteiger partial charge is 0.158 e. The molecule has 2 fully saturated rings. The first-order valence-electron chi connectivity index (χ1n) is 13.4. The maximum Gasteiger partial charge on any atom is 0.158 e. The summed E-state index contributed by atoms with van der Waals surface area (Å²) in [6, 6.07) is 2.03. The van der Waals surface area contributed by atoms with Crippen molar-refractivity contribution in [3.05, 3.63) is 30.0 Å². The van der Waals surface area contributed by atoms with Crippen LogP contribution in [0.25, 0.3) is 11.3 Å². The van der Waals surface area contributed by atoms with E-state index >= 15 is 0 Å². The third-order valence-electron chi connectivity index (χ3n) is 7.98. The van der Waals surface area contributed by atoms with Crippen LogP contribution in [-0.2, 0) is 23.0 Å². The van der Waals surface area contributed by atoms with Crippen LogP contribution in [0.2, 0.25) is 0 Å². The van der Waals surface area contributed by atoms with Crippen molar-refractivity contribution in [1.82, 2.24) is 19.7 Å². The first-order chi connectivity index (χ1) is 16.5. The van der Waals surface area contributed by atoms with Crippen molar-refractivity contribution in [2.24, 2.45) is 24.8 Å². The first-order valence-corrected chi connectivity index (χ1v) is 13.4. The van der Waals surface area contributed by atoms with E-state index in [0.717, 1.165) is 48.5 Å². The van der Waals surface area contributed by atoms with Crippen molar-refractivity contribution < 1.29 is 9.53 Å². The molecule has 1 unspecified atom stereocenters. The van der Waals surface area contributed by atoms with Gasteiger partial charge in [0.05, 0.1) is 11.9 Å². The predicted octanol–water partition coefficient (Wildman–Crippen LogP) is 5.91. The molecule has 2 aliphatic carbocycles. The summed E-state index contributed by atoms with van der Waals surface area (Å²) >= 11 is 0. The summed E-state index contributed by atoms with van der Waals surface area (Å²) in [5.41, 5.74) is 3.49. The summed E-state index contributed by atoms with van der Waals surface area (Å²) in [7, 11) is 3.64. The van der Waals surface area contributed by atoms with Gasteiger partial charge in [0.1, 0.15) is 12.4 Å². The van der Waals surface area contributed by atoms with E-state index in [1.54, 1.807) is 7.11 Å². The zero-order chi connectivity index (χ0) is 23.9. The number of hydrogen-bond donors (Lipinski definition) is 0. The van der Waals surface area contributed by atoms with Gasteiger partial charge in [0.25, 0.3) is 0 Å². The molecule has 0 saturated heterocycles. The Morgan fingerprint density at radius 3 is 2.53 bits per heavy atom. The number of methoxy groups -OCH3 is 1. The molecule has 4 rings (SSSR count). The number of rotatable bonds is 13. The average molecular weight is 467 g/mol. The highest BCUT2D eigenvalue weighted by Gasteiger charge is 2.26. The van der Waals surface area contributed by atoms with E-state index in [2.05, 4.69) is 17.0 Å². The van der Waals surface area contributed by atoms with Crippen molar-refractivity contribution in [1.29, 1.82) is 0 Å². The van der Waals surface area contributed by atoms with Crippen LogP contribution >= 0.6 is 0 Å². The van der Waals surface area contributed by atoms with Gasteiger partial charge in [0, 0.05) is 44.0 Å². The molecule has 6 heteroatoms. The second kappa shape index (κ2) is 12.1. The molecule has 0 N–H and O–H groups in total. The van der Waals surface area contributed by atoms with Crippen molar-refractivity contribution in [2.45, 2.75) is 89.9 Å². The van der Waals surface area contributed by atoms with Crippen molar-refractivity contribution in [3.63, 3.8) is 0 Å². The summed E-state index contributed by atoms with van der Waals surface area (Å²) in [6.45, 7) is 2.53. The number of ether oxygens (including phenoxy) is 1. The minimum Gasteiger partial charge on any atom is -0.377 e. The molecule has 0 bridgehead atoms. The molecule has 2 aromatic heterocycles.